The van der Waals surface area contributed by atoms with E-state index < -0.39 is 11.7 Å². The van der Waals surface area contributed by atoms with E-state index in [4.69, 9.17) is 9.47 Å². The van der Waals surface area contributed by atoms with Crippen molar-refractivity contribution in [1.82, 2.24) is 4.57 Å². The fraction of sp³-hybridized carbons (Fsp3) is 0.353. The Labute approximate surface area is 139 Å². The molecule has 0 saturated carbocycles. The Morgan fingerprint density at radius 2 is 1.91 bits per heavy atom. The zero-order valence-electron chi connectivity index (χ0n) is 13.4. The van der Waals surface area contributed by atoms with Crippen molar-refractivity contribution in [2.75, 3.05) is 7.11 Å². The minimum Gasteiger partial charge on any atom is -0.496 e. The van der Waals surface area contributed by atoms with Crippen LogP contribution in [0.3, 0.4) is 0 Å². The SMILES string of the molecule is COc1cc(C)ccc1-c1cc(Br)cn1C(=O)OC(C)(C)C. The summed E-state index contributed by atoms with van der Waals surface area (Å²) < 4.78 is 13.2. The lowest BCUT2D eigenvalue weighted by Gasteiger charge is -2.20. The van der Waals surface area contributed by atoms with Gasteiger partial charge in [-0.05, 0) is 67.4 Å². The average molecular weight is 366 g/mol. The van der Waals surface area contributed by atoms with Crippen LogP contribution < -0.4 is 4.74 Å². The average Bonchev–Trinajstić information content (AvgIpc) is 2.78. The molecule has 4 nitrogen and oxygen atoms in total. The Kier molecular flexibility index (Phi) is 4.66. The molecule has 0 aliphatic heterocycles. The monoisotopic (exact) mass is 365 g/mol. The van der Waals surface area contributed by atoms with Crippen molar-refractivity contribution in [1.29, 1.82) is 0 Å². The predicted molar refractivity (Wildman–Crippen MR) is 90.5 cm³/mol. The van der Waals surface area contributed by atoms with Crippen LogP contribution in [-0.2, 0) is 4.74 Å². The molecule has 1 aromatic carbocycles. The van der Waals surface area contributed by atoms with Gasteiger partial charge in [-0.25, -0.2) is 4.79 Å². The number of carbonyl (C=O) groups is 1. The van der Waals surface area contributed by atoms with Gasteiger partial charge in [0.25, 0.3) is 0 Å². The van der Waals surface area contributed by atoms with E-state index in [9.17, 15) is 4.79 Å². The summed E-state index contributed by atoms with van der Waals surface area (Å²) in [6, 6.07) is 7.74. The lowest BCUT2D eigenvalue weighted by atomic mass is 10.1. The molecule has 0 amide bonds. The van der Waals surface area contributed by atoms with Crippen LogP contribution in [0.15, 0.2) is 34.9 Å². The molecule has 5 heteroatoms. The molecule has 0 spiro atoms. The van der Waals surface area contributed by atoms with Crippen LogP contribution in [0.25, 0.3) is 11.3 Å². The molecule has 0 bridgehead atoms. The predicted octanol–water partition coefficient (Wildman–Crippen LogP) is 5.02. The van der Waals surface area contributed by atoms with Gasteiger partial charge in [-0.2, -0.15) is 0 Å². The van der Waals surface area contributed by atoms with Crippen LogP contribution in [0.2, 0.25) is 0 Å². The Morgan fingerprint density at radius 1 is 1.23 bits per heavy atom. The number of aromatic nitrogens is 1. The molecule has 0 fully saturated rings. The molecule has 0 saturated heterocycles. The summed E-state index contributed by atoms with van der Waals surface area (Å²) in [5.41, 5.74) is 2.10. The maximum Gasteiger partial charge on any atom is 0.419 e. The van der Waals surface area contributed by atoms with E-state index in [0.717, 1.165) is 27.0 Å². The minimum atomic E-state index is -0.553. The minimum absolute atomic E-state index is 0.421. The van der Waals surface area contributed by atoms with E-state index in [1.54, 1.807) is 13.3 Å². The van der Waals surface area contributed by atoms with Crippen LogP contribution in [0, 0.1) is 6.92 Å². The number of rotatable bonds is 2. The summed E-state index contributed by atoms with van der Waals surface area (Å²) >= 11 is 3.42. The molecule has 2 aromatic rings. The largest absolute Gasteiger partial charge is 0.496 e. The smallest absolute Gasteiger partial charge is 0.419 e. The first kappa shape index (κ1) is 16.6. The van der Waals surface area contributed by atoms with Gasteiger partial charge in [0, 0.05) is 16.2 Å². The van der Waals surface area contributed by atoms with Gasteiger partial charge in [0.2, 0.25) is 0 Å². The van der Waals surface area contributed by atoms with Crippen molar-refractivity contribution < 1.29 is 14.3 Å². The van der Waals surface area contributed by atoms with Gasteiger partial charge in [-0.1, -0.05) is 6.07 Å². The second-order valence-corrected chi connectivity index (χ2v) is 7.01. The third-order valence-corrected chi connectivity index (χ3v) is 3.44. The van der Waals surface area contributed by atoms with E-state index in [-0.39, 0.29) is 0 Å². The maximum atomic E-state index is 12.4. The lowest BCUT2D eigenvalue weighted by Crippen LogP contribution is -2.27. The van der Waals surface area contributed by atoms with E-state index in [2.05, 4.69) is 15.9 Å². The molecule has 22 heavy (non-hydrogen) atoms. The first-order valence-electron chi connectivity index (χ1n) is 6.97. The van der Waals surface area contributed by atoms with Crippen molar-refractivity contribution in [2.45, 2.75) is 33.3 Å². The summed E-state index contributed by atoms with van der Waals surface area (Å²) in [4.78, 5) is 12.4. The van der Waals surface area contributed by atoms with Crippen molar-refractivity contribution in [2.24, 2.45) is 0 Å². The quantitative estimate of drug-likeness (QED) is 0.750. The number of hydrogen-bond acceptors (Lipinski definition) is 3. The molecule has 0 aliphatic rings. The second-order valence-electron chi connectivity index (χ2n) is 6.10. The normalized spacial score (nSPS) is 11.4. The van der Waals surface area contributed by atoms with Gasteiger partial charge in [-0.15, -0.1) is 0 Å². The zero-order valence-corrected chi connectivity index (χ0v) is 15.0. The first-order chi connectivity index (χ1) is 10.2. The zero-order chi connectivity index (χ0) is 16.5. The molecule has 0 aliphatic carbocycles. The van der Waals surface area contributed by atoms with Crippen molar-refractivity contribution >= 4 is 22.0 Å². The Morgan fingerprint density at radius 3 is 2.50 bits per heavy atom. The Bertz CT molecular complexity index is 698. The molecule has 0 radical (unpaired) electrons. The number of ether oxygens (including phenoxy) is 2. The highest BCUT2D eigenvalue weighted by Crippen LogP contribution is 2.33. The standard InChI is InChI=1S/C17H20BrNO3/c1-11-6-7-13(15(8-11)21-5)14-9-12(18)10-19(14)16(20)22-17(2,3)4/h6-10H,1-5H3. The number of benzene rings is 1. The number of carbonyl (C=O) groups excluding carboxylic acids is 1. The molecule has 2 rings (SSSR count). The first-order valence-corrected chi connectivity index (χ1v) is 7.77. The van der Waals surface area contributed by atoms with Crippen LogP contribution in [0.5, 0.6) is 5.75 Å². The van der Waals surface area contributed by atoms with Gasteiger partial charge in [0.1, 0.15) is 11.4 Å². The summed E-state index contributed by atoms with van der Waals surface area (Å²) in [5.74, 6) is 0.718. The fourth-order valence-corrected chi connectivity index (χ4v) is 2.53. The highest BCUT2D eigenvalue weighted by molar-refractivity contribution is 9.10. The number of nitrogens with zero attached hydrogens (tertiary/aromatic N) is 1. The van der Waals surface area contributed by atoms with Crippen LogP contribution in [0.4, 0.5) is 4.79 Å². The van der Waals surface area contributed by atoms with E-state index >= 15 is 0 Å². The van der Waals surface area contributed by atoms with Crippen molar-refractivity contribution in [3.8, 4) is 17.0 Å². The lowest BCUT2D eigenvalue weighted by molar-refractivity contribution is 0.0540. The van der Waals surface area contributed by atoms with Crippen molar-refractivity contribution in [3.63, 3.8) is 0 Å². The van der Waals surface area contributed by atoms with E-state index in [1.807, 2.05) is 52.0 Å². The summed E-state index contributed by atoms with van der Waals surface area (Å²) in [5, 5.41) is 0. The van der Waals surface area contributed by atoms with Crippen LogP contribution >= 0.6 is 15.9 Å². The Hall–Kier alpha value is -1.75. The van der Waals surface area contributed by atoms with E-state index in [1.165, 1.54) is 4.57 Å². The molecular weight excluding hydrogens is 346 g/mol. The number of methoxy groups -OCH3 is 1. The third kappa shape index (κ3) is 3.71. The number of aryl methyl sites for hydroxylation is 1. The molecule has 0 N–H and O–H groups in total. The van der Waals surface area contributed by atoms with Gasteiger partial charge in [0.15, 0.2) is 0 Å². The molecule has 0 unspecified atom stereocenters. The third-order valence-electron chi connectivity index (χ3n) is 3.01. The van der Waals surface area contributed by atoms with Gasteiger partial charge in [-0.3, -0.25) is 4.57 Å². The van der Waals surface area contributed by atoms with Crippen LogP contribution in [-0.4, -0.2) is 23.4 Å². The van der Waals surface area contributed by atoms with Gasteiger partial charge >= 0.3 is 6.09 Å². The van der Waals surface area contributed by atoms with E-state index in [0.29, 0.717) is 0 Å². The summed E-state index contributed by atoms with van der Waals surface area (Å²) in [6.45, 7) is 7.52. The topological polar surface area (TPSA) is 40.5 Å². The Balaban J connectivity index is 2.51. The number of hydrogen-bond donors (Lipinski definition) is 0. The second kappa shape index (κ2) is 6.16. The molecule has 1 aromatic heterocycles. The maximum absolute atomic E-state index is 12.4. The van der Waals surface area contributed by atoms with Crippen LogP contribution in [0.1, 0.15) is 26.3 Å². The van der Waals surface area contributed by atoms with Crippen molar-refractivity contribution in [3.05, 3.63) is 40.5 Å². The number of halogens is 1. The highest BCUT2D eigenvalue weighted by Gasteiger charge is 2.22. The molecule has 1 heterocycles. The van der Waals surface area contributed by atoms with Gasteiger partial charge in [0.05, 0.1) is 12.8 Å². The molecule has 0 atom stereocenters. The van der Waals surface area contributed by atoms with Gasteiger partial charge < -0.3 is 9.47 Å². The summed E-state index contributed by atoms with van der Waals surface area (Å²) in [6.07, 6.45) is 1.28. The molecule has 118 valence electrons. The fourth-order valence-electron chi connectivity index (χ4n) is 2.11. The summed E-state index contributed by atoms with van der Waals surface area (Å²) in [7, 11) is 1.62. The molecular formula is C17H20BrNO3. The highest BCUT2D eigenvalue weighted by atomic mass is 79.9.